The topological polar surface area (TPSA) is 3.88 Å². The number of aryl methyl sites for hydroxylation is 1. The number of rotatable bonds is 4. The molecule has 0 radical (unpaired) electrons. The first-order valence-electron chi connectivity index (χ1n) is 13.5. The van der Waals surface area contributed by atoms with E-state index in [1.807, 2.05) is 0 Å². The van der Waals surface area contributed by atoms with Crippen LogP contribution in [0.3, 0.4) is 0 Å². The van der Waals surface area contributed by atoms with E-state index < -0.39 is 0 Å². The number of pyridine rings is 1. The molecular formula is C38H28N+. The summed E-state index contributed by atoms with van der Waals surface area (Å²) in [5.74, 6) is 0. The molecular weight excluding hydrogens is 470 g/mol. The summed E-state index contributed by atoms with van der Waals surface area (Å²) in [5, 5.41) is 3.69. The summed E-state index contributed by atoms with van der Waals surface area (Å²) in [5.41, 5.74) is 10.9. The predicted molar refractivity (Wildman–Crippen MR) is 164 cm³/mol. The molecule has 1 heteroatoms. The summed E-state index contributed by atoms with van der Waals surface area (Å²) < 4.78 is 2.48. The lowest BCUT2D eigenvalue weighted by atomic mass is 9.94. The molecule has 0 aliphatic rings. The summed E-state index contributed by atoms with van der Waals surface area (Å²) >= 11 is 0. The zero-order valence-corrected chi connectivity index (χ0v) is 21.9. The number of benzene rings is 6. The third kappa shape index (κ3) is 4.09. The van der Waals surface area contributed by atoms with Gasteiger partial charge in [-0.05, 0) is 53.8 Å². The molecule has 0 fully saturated rings. The Labute approximate surface area is 229 Å². The van der Waals surface area contributed by atoms with Gasteiger partial charge in [0.2, 0.25) is 16.9 Å². The van der Waals surface area contributed by atoms with Crippen molar-refractivity contribution in [2.45, 2.75) is 6.92 Å². The van der Waals surface area contributed by atoms with Crippen LogP contribution in [-0.2, 0) is 0 Å². The molecule has 7 aromatic rings. The van der Waals surface area contributed by atoms with Crippen LogP contribution in [0.15, 0.2) is 152 Å². The Bertz CT molecular complexity index is 1940. The summed E-state index contributed by atoms with van der Waals surface area (Å²) in [4.78, 5) is 0. The molecule has 0 N–H and O–H groups in total. The largest absolute Gasteiger partial charge is 0.227 e. The monoisotopic (exact) mass is 498 g/mol. The summed E-state index contributed by atoms with van der Waals surface area (Å²) in [6.45, 7) is 2.14. The van der Waals surface area contributed by atoms with Crippen molar-refractivity contribution in [3.63, 3.8) is 0 Å². The molecule has 0 bridgehead atoms. The van der Waals surface area contributed by atoms with E-state index in [4.69, 9.17) is 0 Å². The Hall–Kier alpha value is -5.01. The van der Waals surface area contributed by atoms with E-state index in [0.717, 1.165) is 0 Å². The molecule has 0 saturated heterocycles. The smallest absolute Gasteiger partial charge is 0.152 e. The van der Waals surface area contributed by atoms with Crippen LogP contribution in [0.25, 0.3) is 60.9 Å². The van der Waals surface area contributed by atoms with E-state index in [-0.39, 0.29) is 0 Å². The van der Waals surface area contributed by atoms with Crippen LogP contribution in [0.5, 0.6) is 0 Å². The van der Waals surface area contributed by atoms with Gasteiger partial charge in [0.15, 0.2) is 0 Å². The van der Waals surface area contributed by atoms with Gasteiger partial charge in [0.05, 0.1) is 16.3 Å². The van der Waals surface area contributed by atoms with E-state index >= 15 is 0 Å². The van der Waals surface area contributed by atoms with Gasteiger partial charge < -0.3 is 0 Å². The van der Waals surface area contributed by atoms with Gasteiger partial charge in [-0.3, -0.25) is 0 Å². The molecule has 0 aliphatic heterocycles. The molecule has 0 aliphatic carbocycles. The number of hydrogen-bond acceptors (Lipinski definition) is 0. The van der Waals surface area contributed by atoms with Crippen LogP contribution >= 0.6 is 0 Å². The van der Waals surface area contributed by atoms with Crippen molar-refractivity contribution in [3.8, 4) is 39.2 Å². The van der Waals surface area contributed by atoms with E-state index in [1.165, 1.54) is 66.4 Å². The van der Waals surface area contributed by atoms with E-state index in [1.54, 1.807) is 0 Å². The lowest BCUT2D eigenvalue weighted by Gasteiger charge is -2.16. The standard InChI is InChI=1S/C38H28N/c1-27-20-22-31(23-21-27)37-26-35(29-14-6-3-7-15-29)34-18-10-11-19-36(34)39(37)38-32-17-9-8-16-30(32)24-25-33(38)28-12-4-2-5-13-28/h2-26H,1H3/q+1. The molecule has 39 heavy (non-hydrogen) atoms. The molecule has 0 atom stereocenters. The molecule has 0 spiro atoms. The Balaban J connectivity index is 1.68. The lowest BCUT2D eigenvalue weighted by molar-refractivity contribution is -0.552. The van der Waals surface area contributed by atoms with Gasteiger partial charge in [0, 0.05) is 23.3 Å². The molecule has 184 valence electrons. The van der Waals surface area contributed by atoms with E-state index in [2.05, 4.69) is 163 Å². The van der Waals surface area contributed by atoms with Crippen molar-refractivity contribution in [3.05, 3.63) is 157 Å². The third-order valence-electron chi connectivity index (χ3n) is 7.60. The average molecular weight is 499 g/mol. The maximum atomic E-state index is 2.48. The maximum Gasteiger partial charge on any atom is 0.227 e. The number of aromatic nitrogens is 1. The van der Waals surface area contributed by atoms with Crippen molar-refractivity contribution < 1.29 is 4.57 Å². The fraction of sp³-hybridized carbons (Fsp3) is 0.0263. The number of hydrogen-bond donors (Lipinski definition) is 0. The fourth-order valence-corrected chi connectivity index (χ4v) is 5.69. The first-order valence-corrected chi connectivity index (χ1v) is 13.5. The normalized spacial score (nSPS) is 11.2. The van der Waals surface area contributed by atoms with Gasteiger partial charge in [-0.25, -0.2) is 0 Å². The van der Waals surface area contributed by atoms with Crippen molar-refractivity contribution in [1.82, 2.24) is 0 Å². The molecule has 7 rings (SSSR count). The highest BCUT2D eigenvalue weighted by atomic mass is 15.0. The van der Waals surface area contributed by atoms with Crippen molar-refractivity contribution in [2.75, 3.05) is 0 Å². The second-order valence-electron chi connectivity index (χ2n) is 10.1. The fourth-order valence-electron chi connectivity index (χ4n) is 5.69. The van der Waals surface area contributed by atoms with E-state index in [0.29, 0.717) is 0 Å². The van der Waals surface area contributed by atoms with Gasteiger partial charge in [0.25, 0.3) is 0 Å². The van der Waals surface area contributed by atoms with Gasteiger partial charge in [-0.15, -0.1) is 0 Å². The van der Waals surface area contributed by atoms with Crippen LogP contribution in [0.2, 0.25) is 0 Å². The first-order chi connectivity index (χ1) is 19.3. The second-order valence-corrected chi connectivity index (χ2v) is 10.1. The second kappa shape index (κ2) is 9.70. The number of nitrogens with zero attached hydrogens (tertiary/aromatic N) is 1. The minimum absolute atomic E-state index is 1.17. The molecule has 1 heterocycles. The van der Waals surface area contributed by atoms with Crippen LogP contribution in [0.1, 0.15) is 5.56 Å². The zero-order valence-electron chi connectivity index (χ0n) is 21.9. The highest BCUT2D eigenvalue weighted by molar-refractivity contribution is 5.99. The molecule has 6 aromatic carbocycles. The summed E-state index contributed by atoms with van der Waals surface area (Å²) in [6, 6.07) is 54.8. The van der Waals surface area contributed by atoms with Crippen LogP contribution in [0.4, 0.5) is 0 Å². The molecule has 1 nitrogen and oxygen atoms in total. The predicted octanol–water partition coefficient (Wildman–Crippen LogP) is 9.58. The van der Waals surface area contributed by atoms with Gasteiger partial charge in [0.1, 0.15) is 0 Å². The molecule has 0 unspecified atom stereocenters. The Kier molecular flexibility index (Phi) is 5.75. The highest BCUT2D eigenvalue weighted by Crippen LogP contribution is 2.36. The van der Waals surface area contributed by atoms with E-state index in [9.17, 15) is 0 Å². The number of para-hydroxylation sites is 1. The Morgan fingerprint density at radius 2 is 1.03 bits per heavy atom. The van der Waals surface area contributed by atoms with Gasteiger partial charge in [-0.2, -0.15) is 4.57 Å². The maximum absolute atomic E-state index is 2.48. The van der Waals surface area contributed by atoms with Gasteiger partial charge in [-0.1, -0.05) is 115 Å². The lowest BCUT2D eigenvalue weighted by Crippen LogP contribution is -2.36. The van der Waals surface area contributed by atoms with Gasteiger partial charge >= 0.3 is 0 Å². The quantitative estimate of drug-likeness (QED) is 0.213. The Morgan fingerprint density at radius 3 is 1.74 bits per heavy atom. The third-order valence-corrected chi connectivity index (χ3v) is 7.60. The summed E-state index contributed by atoms with van der Waals surface area (Å²) in [6.07, 6.45) is 0. The molecule has 1 aromatic heterocycles. The SMILES string of the molecule is Cc1ccc(-c2cc(-c3ccccc3)c3ccccc3[n+]2-c2c(-c3ccccc3)ccc3ccccc23)cc1. The highest BCUT2D eigenvalue weighted by Gasteiger charge is 2.28. The molecule has 0 amide bonds. The van der Waals surface area contributed by atoms with Crippen molar-refractivity contribution in [2.24, 2.45) is 0 Å². The average Bonchev–Trinajstić information content (AvgIpc) is 3.01. The van der Waals surface area contributed by atoms with Crippen LogP contribution in [-0.4, -0.2) is 0 Å². The van der Waals surface area contributed by atoms with Crippen LogP contribution < -0.4 is 4.57 Å². The number of fused-ring (bicyclic) bond motifs is 2. The van der Waals surface area contributed by atoms with Crippen LogP contribution in [0, 0.1) is 6.92 Å². The Morgan fingerprint density at radius 1 is 0.436 bits per heavy atom. The molecule has 0 saturated carbocycles. The zero-order chi connectivity index (χ0) is 26.2. The minimum atomic E-state index is 1.17. The first kappa shape index (κ1) is 23.1. The van der Waals surface area contributed by atoms with Crippen molar-refractivity contribution in [1.29, 1.82) is 0 Å². The van der Waals surface area contributed by atoms with Crippen molar-refractivity contribution >= 4 is 21.7 Å². The minimum Gasteiger partial charge on any atom is -0.152 e. The summed E-state index contributed by atoms with van der Waals surface area (Å²) in [7, 11) is 0.